The van der Waals surface area contributed by atoms with E-state index < -0.39 is 6.10 Å². The highest BCUT2D eigenvalue weighted by Gasteiger charge is 2.19. The molecule has 0 saturated heterocycles. The summed E-state index contributed by atoms with van der Waals surface area (Å²) in [7, 11) is 0. The maximum absolute atomic E-state index is 12.7. The molecule has 0 rings (SSSR count). The number of hydrogen-bond acceptors (Lipinski definition) is 6. The van der Waals surface area contributed by atoms with Gasteiger partial charge in [-0.2, -0.15) is 0 Å². The van der Waals surface area contributed by atoms with Crippen LogP contribution in [-0.4, -0.2) is 37.2 Å². The molecule has 0 saturated carbocycles. The SMILES string of the molecule is CC/C=C\C/C=C\C/C=C\CCCCCC(=O)OC(COC(=O)CCCCCCC)COC(=O)CCCCCCCCCCCCCCCCCCCCCC. The van der Waals surface area contributed by atoms with Crippen LogP contribution in [0.2, 0.25) is 0 Å². The summed E-state index contributed by atoms with van der Waals surface area (Å²) in [5, 5.41) is 0. The van der Waals surface area contributed by atoms with Crippen LogP contribution in [0.3, 0.4) is 0 Å². The van der Waals surface area contributed by atoms with Crippen molar-refractivity contribution in [1.82, 2.24) is 0 Å². The average molecular weight is 787 g/mol. The van der Waals surface area contributed by atoms with Crippen molar-refractivity contribution in [2.24, 2.45) is 0 Å². The van der Waals surface area contributed by atoms with Gasteiger partial charge in [-0.3, -0.25) is 14.4 Å². The van der Waals surface area contributed by atoms with Crippen LogP contribution < -0.4 is 0 Å². The molecule has 0 fully saturated rings. The fourth-order valence-electron chi connectivity index (χ4n) is 6.81. The lowest BCUT2D eigenvalue weighted by atomic mass is 10.0. The minimum atomic E-state index is -0.779. The van der Waals surface area contributed by atoms with E-state index in [1.54, 1.807) is 0 Å². The van der Waals surface area contributed by atoms with Crippen LogP contribution in [0, 0.1) is 0 Å². The van der Waals surface area contributed by atoms with Crippen molar-refractivity contribution in [3.63, 3.8) is 0 Å². The zero-order chi connectivity index (χ0) is 40.8. The zero-order valence-electron chi connectivity index (χ0n) is 37.2. The fraction of sp³-hybridized carbons (Fsp3) is 0.820. The molecule has 6 nitrogen and oxygen atoms in total. The maximum Gasteiger partial charge on any atom is 0.306 e. The molecule has 1 unspecified atom stereocenters. The van der Waals surface area contributed by atoms with Crippen molar-refractivity contribution in [1.29, 1.82) is 0 Å². The monoisotopic (exact) mass is 787 g/mol. The highest BCUT2D eigenvalue weighted by atomic mass is 16.6. The van der Waals surface area contributed by atoms with Crippen LogP contribution in [0.25, 0.3) is 0 Å². The van der Waals surface area contributed by atoms with Gasteiger partial charge in [0.2, 0.25) is 0 Å². The summed E-state index contributed by atoms with van der Waals surface area (Å²) < 4.78 is 16.6. The van der Waals surface area contributed by atoms with Gasteiger partial charge in [0.1, 0.15) is 13.2 Å². The molecule has 0 aliphatic heterocycles. The molecule has 0 bridgehead atoms. The van der Waals surface area contributed by atoms with Gasteiger partial charge in [0.05, 0.1) is 0 Å². The molecule has 0 radical (unpaired) electrons. The number of ether oxygens (including phenoxy) is 3. The Balaban J connectivity index is 4.14. The van der Waals surface area contributed by atoms with E-state index >= 15 is 0 Å². The Morgan fingerprint density at radius 2 is 0.696 bits per heavy atom. The van der Waals surface area contributed by atoms with Crippen LogP contribution in [0.4, 0.5) is 0 Å². The first kappa shape index (κ1) is 53.6. The lowest BCUT2D eigenvalue weighted by Gasteiger charge is -2.18. The molecule has 6 heteroatoms. The van der Waals surface area contributed by atoms with Gasteiger partial charge in [-0.25, -0.2) is 0 Å². The molecule has 0 N–H and O–H groups in total. The number of hydrogen-bond donors (Lipinski definition) is 0. The number of unbranched alkanes of at least 4 members (excludes halogenated alkanes) is 26. The lowest BCUT2D eigenvalue weighted by molar-refractivity contribution is -0.167. The Morgan fingerprint density at radius 1 is 0.375 bits per heavy atom. The molecule has 0 amide bonds. The second-order valence-corrected chi connectivity index (χ2v) is 16.0. The highest BCUT2D eigenvalue weighted by molar-refractivity contribution is 5.71. The molecular formula is C50H90O6. The van der Waals surface area contributed by atoms with Crippen molar-refractivity contribution in [3.8, 4) is 0 Å². The molecule has 1 atom stereocenters. The third-order valence-corrected chi connectivity index (χ3v) is 10.4. The van der Waals surface area contributed by atoms with E-state index in [0.717, 1.165) is 89.9 Å². The molecule has 0 aliphatic rings. The van der Waals surface area contributed by atoms with Gasteiger partial charge in [0.25, 0.3) is 0 Å². The smallest absolute Gasteiger partial charge is 0.306 e. The number of carbonyl (C=O) groups excluding carboxylic acids is 3. The van der Waals surface area contributed by atoms with Crippen LogP contribution >= 0.6 is 0 Å². The Hall–Kier alpha value is -2.37. The van der Waals surface area contributed by atoms with Crippen LogP contribution in [-0.2, 0) is 28.6 Å². The second kappa shape index (κ2) is 45.3. The van der Waals surface area contributed by atoms with E-state index in [0.29, 0.717) is 19.3 Å². The molecule has 0 aromatic heterocycles. The normalized spacial score (nSPS) is 12.3. The molecule has 0 aliphatic carbocycles. The van der Waals surface area contributed by atoms with Gasteiger partial charge in [-0.05, 0) is 51.4 Å². The third kappa shape index (κ3) is 42.8. The first-order chi connectivity index (χ1) is 27.5. The maximum atomic E-state index is 12.7. The predicted molar refractivity (Wildman–Crippen MR) is 238 cm³/mol. The molecule has 0 aromatic rings. The first-order valence-corrected chi connectivity index (χ1v) is 24.0. The molecule has 0 aromatic carbocycles. The van der Waals surface area contributed by atoms with Crippen LogP contribution in [0.5, 0.6) is 0 Å². The highest BCUT2D eigenvalue weighted by Crippen LogP contribution is 2.16. The van der Waals surface area contributed by atoms with Gasteiger partial charge in [0.15, 0.2) is 6.10 Å². The first-order valence-electron chi connectivity index (χ1n) is 24.0. The third-order valence-electron chi connectivity index (χ3n) is 10.4. The topological polar surface area (TPSA) is 78.9 Å². The minimum absolute atomic E-state index is 0.0817. The lowest BCUT2D eigenvalue weighted by Crippen LogP contribution is -2.30. The number of rotatable bonds is 43. The van der Waals surface area contributed by atoms with E-state index in [1.807, 2.05) is 0 Å². The van der Waals surface area contributed by atoms with E-state index in [4.69, 9.17) is 14.2 Å². The summed E-state index contributed by atoms with van der Waals surface area (Å²) in [4.78, 5) is 37.5. The largest absolute Gasteiger partial charge is 0.462 e. The van der Waals surface area contributed by atoms with Crippen molar-refractivity contribution in [3.05, 3.63) is 36.5 Å². The molecule has 326 valence electrons. The van der Waals surface area contributed by atoms with Gasteiger partial charge >= 0.3 is 17.9 Å². The molecule has 56 heavy (non-hydrogen) atoms. The summed E-state index contributed by atoms with van der Waals surface area (Å²) >= 11 is 0. The molecule has 0 heterocycles. The number of carbonyl (C=O) groups is 3. The summed E-state index contributed by atoms with van der Waals surface area (Å²) in [6.07, 6.45) is 51.7. The second-order valence-electron chi connectivity index (χ2n) is 16.0. The van der Waals surface area contributed by atoms with E-state index in [1.165, 1.54) is 116 Å². The summed E-state index contributed by atoms with van der Waals surface area (Å²) in [6, 6.07) is 0. The predicted octanol–water partition coefficient (Wildman–Crippen LogP) is 15.4. The van der Waals surface area contributed by atoms with Crippen molar-refractivity contribution in [2.75, 3.05) is 13.2 Å². The van der Waals surface area contributed by atoms with Crippen molar-refractivity contribution < 1.29 is 28.6 Å². The van der Waals surface area contributed by atoms with E-state index in [-0.39, 0.29) is 31.1 Å². The van der Waals surface area contributed by atoms with Gasteiger partial charge in [0, 0.05) is 19.3 Å². The van der Waals surface area contributed by atoms with Crippen LogP contribution in [0.1, 0.15) is 245 Å². The minimum Gasteiger partial charge on any atom is -0.462 e. The van der Waals surface area contributed by atoms with Gasteiger partial charge in [-0.15, -0.1) is 0 Å². The van der Waals surface area contributed by atoms with Gasteiger partial charge in [-0.1, -0.05) is 211 Å². The fourth-order valence-corrected chi connectivity index (χ4v) is 6.81. The molecular weight excluding hydrogens is 697 g/mol. The Morgan fingerprint density at radius 3 is 1.09 bits per heavy atom. The van der Waals surface area contributed by atoms with Gasteiger partial charge < -0.3 is 14.2 Å². The number of allylic oxidation sites excluding steroid dienone is 6. The standard InChI is InChI=1S/C50H90O6/c1-4-7-10-13-15-17-19-21-22-23-24-25-26-27-29-30-32-34-37-40-43-49(52)55-46-47(45-54-48(51)42-39-36-12-9-6-3)56-50(53)44-41-38-35-33-31-28-20-18-16-14-11-8-5-2/h8,11,16,18,28,31,47H,4-7,9-10,12-15,17,19-27,29-30,32-46H2,1-3H3/b11-8-,18-16-,31-28-. The van der Waals surface area contributed by atoms with Crippen molar-refractivity contribution in [2.45, 2.75) is 252 Å². The quantitative estimate of drug-likeness (QED) is 0.0265. The van der Waals surface area contributed by atoms with Crippen molar-refractivity contribution >= 4 is 17.9 Å². The van der Waals surface area contributed by atoms with E-state index in [9.17, 15) is 14.4 Å². The van der Waals surface area contributed by atoms with Crippen LogP contribution in [0.15, 0.2) is 36.5 Å². The Bertz CT molecular complexity index is 953. The zero-order valence-corrected chi connectivity index (χ0v) is 37.2. The average Bonchev–Trinajstić information content (AvgIpc) is 3.19. The Labute approximate surface area is 346 Å². The van der Waals surface area contributed by atoms with E-state index in [2.05, 4.69) is 57.2 Å². The number of esters is 3. The summed E-state index contributed by atoms with van der Waals surface area (Å²) in [5.41, 5.74) is 0. The summed E-state index contributed by atoms with van der Waals surface area (Å²) in [5.74, 6) is -0.920. The molecule has 0 spiro atoms. The Kier molecular flexibility index (Phi) is 43.4. The summed E-state index contributed by atoms with van der Waals surface area (Å²) in [6.45, 7) is 6.43.